The molecule has 2 aliphatic heterocycles. The highest BCUT2D eigenvalue weighted by atomic mass is 32.1. The summed E-state index contributed by atoms with van der Waals surface area (Å²) in [5, 5.41) is 3.16. The molecule has 0 N–H and O–H groups in total. The predicted molar refractivity (Wildman–Crippen MR) is 99.6 cm³/mol. The lowest BCUT2D eigenvalue weighted by Crippen LogP contribution is -2.56. The van der Waals surface area contributed by atoms with Gasteiger partial charge in [-0.05, 0) is 31.1 Å². The van der Waals surface area contributed by atoms with E-state index < -0.39 is 0 Å². The topological polar surface area (TPSA) is 53.5 Å². The highest BCUT2D eigenvalue weighted by Gasteiger charge is 2.38. The van der Waals surface area contributed by atoms with E-state index in [0.717, 1.165) is 23.7 Å². The average Bonchev–Trinajstić information content (AvgIpc) is 3.18. The molecule has 0 spiro atoms. The van der Waals surface area contributed by atoms with Gasteiger partial charge >= 0.3 is 0 Å². The fraction of sp³-hybridized carbons (Fsp3) is 0.389. The van der Waals surface area contributed by atoms with Crippen molar-refractivity contribution in [1.82, 2.24) is 14.8 Å². The van der Waals surface area contributed by atoms with Gasteiger partial charge in [0, 0.05) is 36.4 Å². The molecule has 1 saturated heterocycles. The number of likely N-dealkylation sites (tertiary alicyclic amines) is 1. The van der Waals surface area contributed by atoms with Gasteiger partial charge in [-0.25, -0.2) is 4.98 Å². The van der Waals surface area contributed by atoms with Gasteiger partial charge in [-0.3, -0.25) is 9.59 Å². The molecule has 0 aromatic carbocycles. The molecule has 2 aromatic rings. The Hall–Kier alpha value is -1.99. The van der Waals surface area contributed by atoms with Crippen molar-refractivity contribution in [2.24, 2.45) is 5.92 Å². The summed E-state index contributed by atoms with van der Waals surface area (Å²) >= 11 is 3.45. The van der Waals surface area contributed by atoms with Crippen LogP contribution in [0, 0.1) is 12.8 Å². The summed E-state index contributed by atoms with van der Waals surface area (Å²) in [6.45, 7) is 7.95. The fourth-order valence-corrected chi connectivity index (χ4v) is 5.14. The minimum atomic E-state index is -0.0917. The van der Waals surface area contributed by atoms with Crippen molar-refractivity contribution in [2.75, 3.05) is 19.6 Å². The van der Waals surface area contributed by atoms with Crippen LogP contribution in [0.15, 0.2) is 24.1 Å². The van der Waals surface area contributed by atoms with Crippen molar-refractivity contribution in [3.63, 3.8) is 0 Å². The third-order valence-electron chi connectivity index (χ3n) is 4.77. The lowest BCUT2D eigenvalue weighted by atomic mass is 9.96. The summed E-state index contributed by atoms with van der Waals surface area (Å²) in [6.07, 6.45) is 2.21. The molecule has 2 amide bonds. The number of amides is 2. The fourth-order valence-electron chi connectivity index (χ4n) is 3.33. The van der Waals surface area contributed by atoms with Crippen molar-refractivity contribution in [3.05, 3.63) is 39.5 Å². The van der Waals surface area contributed by atoms with Crippen molar-refractivity contribution < 1.29 is 9.59 Å². The molecule has 2 aromatic heterocycles. The minimum absolute atomic E-state index is 0.0650. The number of carbonyl (C=O) groups is 2. The Morgan fingerprint density at radius 3 is 2.84 bits per heavy atom. The van der Waals surface area contributed by atoms with Crippen LogP contribution >= 0.6 is 22.7 Å². The first kappa shape index (κ1) is 16.5. The molecule has 2 aliphatic rings. The van der Waals surface area contributed by atoms with Gasteiger partial charge in [0.1, 0.15) is 0 Å². The number of thiophene rings is 1. The smallest absolute Gasteiger partial charge is 0.246 e. The average molecular weight is 374 g/mol. The van der Waals surface area contributed by atoms with Gasteiger partial charge in [0.2, 0.25) is 11.8 Å². The Bertz CT molecular complexity index is 848. The van der Waals surface area contributed by atoms with E-state index >= 15 is 0 Å². The highest BCUT2D eigenvalue weighted by Crippen LogP contribution is 2.35. The Morgan fingerprint density at radius 1 is 1.36 bits per heavy atom. The summed E-state index contributed by atoms with van der Waals surface area (Å²) < 4.78 is 0. The Morgan fingerprint density at radius 2 is 2.16 bits per heavy atom. The molecule has 0 atom stereocenters. The molecule has 0 bridgehead atoms. The van der Waals surface area contributed by atoms with E-state index in [1.807, 2.05) is 11.8 Å². The number of aryl methyl sites for hydroxylation is 1. The van der Waals surface area contributed by atoms with Crippen LogP contribution in [-0.2, 0) is 22.6 Å². The molecule has 0 aliphatic carbocycles. The first-order chi connectivity index (χ1) is 12.0. The standard InChI is InChI=1S/C18H19N3O2S2/c1-3-17(22)21-8-13(9-21)18(23)20-5-4-15-12(7-20)6-16(25-15)14-10-24-11(2)19-14/h3,6,10,13H,1,4-5,7-9H2,2H3. The van der Waals surface area contributed by atoms with Crippen LogP contribution < -0.4 is 0 Å². The van der Waals surface area contributed by atoms with Gasteiger partial charge in [-0.15, -0.1) is 22.7 Å². The lowest BCUT2D eigenvalue weighted by molar-refractivity contribution is -0.146. The van der Waals surface area contributed by atoms with Crippen LogP contribution in [0.5, 0.6) is 0 Å². The van der Waals surface area contributed by atoms with Crippen LogP contribution in [0.25, 0.3) is 10.6 Å². The second-order valence-corrected chi connectivity index (χ2v) is 8.66. The first-order valence-electron chi connectivity index (χ1n) is 8.29. The Labute approximate surface area is 154 Å². The van der Waals surface area contributed by atoms with E-state index in [9.17, 15) is 9.59 Å². The molecule has 0 unspecified atom stereocenters. The van der Waals surface area contributed by atoms with Gasteiger partial charge in [0.15, 0.2) is 0 Å². The monoisotopic (exact) mass is 373 g/mol. The molecule has 0 saturated carbocycles. The van der Waals surface area contributed by atoms with Crippen molar-refractivity contribution >= 4 is 34.5 Å². The Balaban J connectivity index is 1.43. The highest BCUT2D eigenvalue weighted by molar-refractivity contribution is 7.16. The van der Waals surface area contributed by atoms with Crippen LogP contribution in [0.2, 0.25) is 0 Å². The molecule has 130 valence electrons. The second-order valence-electron chi connectivity index (χ2n) is 6.46. The number of hydrogen-bond donors (Lipinski definition) is 0. The van der Waals surface area contributed by atoms with Gasteiger partial charge in [-0.2, -0.15) is 0 Å². The maximum absolute atomic E-state index is 12.7. The molecule has 1 fully saturated rings. The van der Waals surface area contributed by atoms with Crippen LogP contribution in [-0.4, -0.2) is 46.2 Å². The summed E-state index contributed by atoms with van der Waals surface area (Å²) in [5.41, 5.74) is 2.28. The van der Waals surface area contributed by atoms with Gasteiger partial charge in [0.05, 0.1) is 21.5 Å². The minimum Gasteiger partial charge on any atom is -0.338 e. The number of aromatic nitrogens is 1. The lowest BCUT2D eigenvalue weighted by Gasteiger charge is -2.40. The van der Waals surface area contributed by atoms with E-state index in [4.69, 9.17) is 0 Å². The number of rotatable bonds is 3. The molecular formula is C18H19N3O2S2. The largest absolute Gasteiger partial charge is 0.338 e. The molecular weight excluding hydrogens is 354 g/mol. The maximum Gasteiger partial charge on any atom is 0.246 e. The quantitative estimate of drug-likeness (QED) is 0.778. The zero-order valence-corrected chi connectivity index (χ0v) is 15.7. The van der Waals surface area contributed by atoms with E-state index in [1.165, 1.54) is 21.4 Å². The second kappa shape index (κ2) is 6.38. The SMILES string of the molecule is C=CC(=O)N1CC(C(=O)N2CCc3sc(-c4csc(C)n4)cc3C2)C1. The third kappa shape index (κ3) is 3.02. The van der Waals surface area contributed by atoms with Crippen LogP contribution in [0.4, 0.5) is 0 Å². The number of hydrogen-bond acceptors (Lipinski definition) is 5. The van der Waals surface area contributed by atoms with E-state index in [2.05, 4.69) is 23.0 Å². The normalized spacial score (nSPS) is 17.2. The van der Waals surface area contributed by atoms with E-state index in [-0.39, 0.29) is 17.7 Å². The van der Waals surface area contributed by atoms with Crippen molar-refractivity contribution in [3.8, 4) is 10.6 Å². The zero-order valence-electron chi connectivity index (χ0n) is 14.0. The molecule has 0 radical (unpaired) electrons. The van der Waals surface area contributed by atoms with Gasteiger partial charge in [-0.1, -0.05) is 6.58 Å². The van der Waals surface area contributed by atoms with Crippen LogP contribution in [0.1, 0.15) is 15.4 Å². The van der Waals surface area contributed by atoms with E-state index in [0.29, 0.717) is 19.6 Å². The maximum atomic E-state index is 12.7. The molecule has 5 nitrogen and oxygen atoms in total. The van der Waals surface area contributed by atoms with Gasteiger partial charge in [0.25, 0.3) is 0 Å². The number of thiazole rings is 1. The number of fused-ring (bicyclic) bond motifs is 1. The van der Waals surface area contributed by atoms with Crippen molar-refractivity contribution in [1.29, 1.82) is 0 Å². The number of nitrogens with zero attached hydrogens (tertiary/aromatic N) is 3. The molecule has 25 heavy (non-hydrogen) atoms. The predicted octanol–water partition coefficient (Wildman–Crippen LogP) is 2.71. The Kier molecular flexibility index (Phi) is 4.21. The van der Waals surface area contributed by atoms with Crippen molar-refractivity contribution in [2.45, 2.75) is 19.9 Å². The zero-order chi connectivity index (χ0) is 17.6. The van der Waals surface area contributed by atoms with Crippen LogP contribution in [0.3, 0.4) is 0 Å². The summed E-state index contributed by atoms with van der Waals surface area (Å²) in [4.78, 5) is 34.9. The summed E-state index contributed by atoms with van der Waals surface area (Å²) in [6, 6.07) is 2.18. The number of carbonyl (C=O) groups excluding carboxylic acids is 2. The molecule has 4 rings (SSSR count). The first-order valence-corrected chi connectivity index (χ1v) is 9.99. The van der Waals surface area contributed by atoms with E-state index in [1.54, 1.807) is 27.6 Å². The summed E-state index contributed by atoms with van der Waals surface area (Å²) in [7, 11) is 0. The molecule has 7 heteroatoms. The third-order valence-corrected chi connectivity index (χ3v) is 6.80. The van der Waals surface area contributed by atoms with Gasteiger partial charge < -0.3 is 9.80 Å². The molecule has 4 heterocycles. The summed E-state index contributed by atoms with van der Waals surface area (Å²) in [5.74, 6) is 0.00627.